The van der Waals surface area contributed by atoms with Crippen LogP contribution in [0.3, 0.4) is 0 Å². The normalized spacial score (nSPS) is 18.7. The average molecular weight is 1220 g/mol. The molecule has 86 heavy (non-hydrogen) atoms. The molecule has 0 saturated carbocycles. The van der Waals surface area contributed by atoms with Crippen molar-refractivity contribution in [2.75, 3.05) is 13.2 Å². The van der Waals surface area contributed by atoms with Gasteiger partial charge in [-0.3, -0.25) is 4.79 Å². The van der Waals surface area contributed by atoms with E-state index in [1.54, 1.807) is 0 Å². The van der Waals surface area contributed by atoms with Crippen molar-refractivity contribution in [3.63, 3.8) is 0 Å². The van der Waals surface area contributed by atoms with Crippen LogP contribution in [-0.4, -0.2) is 110 Å². The molecule has 0 aliphatic carbocycles. The summed E-state index contributed by atoms with van der Waals surface area (Å²) >= 11 is 0. The Bertz CT molecular complexity index is 1400. The number of hydrogen-bond donors (Lipinski definition) is 8. The Balaban J connectivity index is 2.14. The van der Waals surface area contributed by atoms with E-state index in [0.29, 0.717) is 19.3 Å². The van der Waals surface area contributed by atoms with E-state index in [0.717, 1.165) is 38.5 Å². The predicted octanol–water partition coefficient (Wildman–Crippen LogP) is 19.0. The monoisotopic (exact) mass is 1220 g/mol. The zero-order valence-corrected chi connectivity index (χ0v) is 56.8. The van der Waals surface area contributed by atoms with E-state index < -0.39 is 74.2 Å². The lowest BCUT2D eigenvalue weighted by Crippen LogP contribution is -2.60. The van der Waals surface area contributed by atoms with Gasteiger partial charge in [0.1, 0.15) is 36.6 Å². The zero-order chi connectivity index (χ0) is 62.4. The largest absolute Gasteiger partial charge is 0.394 e. The molecule has 1 fully saturated rings. The third-order valence-corrected chi connectivity index (χ3v) is 18.8. The molecule has 1 heterocycles. The molecule has 1 amide bonds. The molecule has 512 valence electrons. The molecule has 1 aliphatic rings. The van der Waals surface area contributed by atoms with Crippen LogP contribution < -0.4 is 5.32 Å². The van der Waals surface area contributed by atoms with Crippen molar-refractivity contribution in [1.82, 2.24) is 5.32 Å². The molecular weight excluding hydrogens is 1070 g/mol. The van der Waals surface area contributed by atoms with Gasteiger partial charge in [0.2, 0.25) is 5.91 Å². The molecule has 9 unspecified atom stereocenters. The number of amides is 1. The van der Waals surface area contributed by atoms with Crippen LogP contribution >= 0.6 is 0 Å². The first-order chi connectivity index (χ1) is 42.2. The molecule has 8 N–H and O–H groups in total. The van der Waals surface area contributed by atoms with E-state index >= 15 is 0 Å². The fraction of sp³-hybridized carbons (Fsp3) is 0.960. The topological polar surface area (TPSA) is 189 Å². The average Bonchev–Trinajstić information content (AvgIpc) is 3.28. The fourth-order valence-corrected chi connectivity index (χ4v) is 12.7. The number of carbonyl (C=O) groups is 1. The molecule has 1 aliphatic heterocycles. The maximum absolute atomic E-state index is 13.3. The van der Waals surface area contributed by atoms with Gasteiger partial charge in [-0.1, -0.05) is 366 Å². The van der Waals surface area contributed by atoms with E-state index in [2.05, 4.69) is 31.3 Å². The molecule has 9 atom stereocenters. The van der Waals surface area contributed by atoms with Crippen LogP contribution in [0.4, 0.5) is 0 Å². The van der Waals surface area contributed by atoms with Gasteiger partial charge in [0, 0.05) is 0 Å². The lowest BCUT2D eigenvalue weighted by atomic mass is 9.98. The minimum Gasteiger partial charge on any atom is -0.394 e. The van der Waals surface area contributed by atoms with E-state index in [9.17, 15) is 40.5 Å². The Morgan fingerprint density at radius 3 is 0.977 bits per heavy atom. The minimum absolute atomic E-state index is 0.265. The summed E-state index contributed by atoms with van der Waals surface area (Å²) in [6, 6.07) is -1.17. The molecular formula is C75H147NO10. The number of rotatable bonds is 68. The first kappa shape index (κ1) is 82.9. The van der Waals surface area contributed by atoms with E-state index in [-0.39, 0.29) is 6.42 Å². The predicted molar refractivity (Wildman–Crippen MR) is 363 cm³/mol. The van der Waals surface area contributed by atoms with Gasteiger partial charge in [-0.15, -0.1) is 0 Å². The van der Waals surface area contributed by atoms with Crippen LogP contribution in [0.25, 0.3) is 0 Å². The van der Waals surface area contributed by atoms with Crippen molar-refractivity contribution >= 4 is 5.91 Å². The maximum Gasteiger partial charge on any atom is 0.249 e. The van der Waals surface area contributed by atoms with Crippen molar-refractivity contribution < 1.29 is 50.0 Å². The Morgan fingerprint density at radius 1 is 0.395 bits per heavy atom. The Kier molecular flexibility index (Phi) is 61.6. The molecule has 0 spiro atoms. The van der Waals surface area contributed by atoms with E-state index in [1.165, 1.54) is 315 Å². The third-order valence-electron chi connectivity index (χ3n) is 18.8. The number of nitrogens with one attached hydrogen (secondary N) is 1. The highest BCUT2D eigenvalue weighted by Crippen LogP contribution is 2.24. The molecule has 0 aromatic heterocycles. The van der Waals surface area contributed by atoms with Crippen molar-refractivity contribution in [1.29, 1.82) is 0 Å². The molecule has 1 saturated heterocycles. The number of unbranched alkanes of at least 4 members (excludes halogenated alkanes) is 54. The highest BCUT2D eigenvalue weighted by Gasteiger charge is 2.44. The maximum atomic E-state index is 13.3. The Hall–Kier alpha value is -1.15. The smallest absolute Gasteiger partial charge is 0.249 e. The Morgan fingerprint density at radius 2 is 0.674 bits per heavy atom. The summed E-state index contributed by atoms with van der Waals surface area (Å²) in [4.78, 5) is 13.3. The van der Waals surface area contributed by atoms with Crippen molar-refractivity contribution in [2.24, 2.45) is 0 Å². The quantitative estimate of drug-likeness (QED) is 0.0215. The van der Waals surface area contributed by atoms with Crippen LogP contribution in [0.1, 0.15) is 393 Å². The van der Waals surface area contributed by atoms with E-state index in [4.69, 9.17) is 9.47 Å². The van der Waals surface area contributed by atoms with Gasteiger partial charge in [-0.25, -0.2) is 0 Å². The minimum atomic E-state index is -1.66. The van der Waals surface area contributed by atoms with Gasteiger partial charge in [0.25, 0.3) is 0 Å². The summed E-state index contributed by atoms with van der Waals surface area (Å²) < 4.78 is 11.2. The summed E-state index contributed by atoms with van der Waals surface area (Å²) in [5.41, 5.74) is 0. The summed E-state index contributed by atoms with van der Waals surface area (Å²) in [5.74, 6) is -0.688. The summed E-state index contributed by atoms with van der Waals surface area (Å²) in [6.07, 6.45) is 68.8. The SMILES string of the molecule is CCCCCCCCCCCCCCCC/C=C\CCCCCCCCCCCCCCCCCCC(O)C(=O)NC(COC1OC(CO)C(O)C(O)C1O)C(O)C(O)CCCCCCCCCCCCCCCCCCCCCCCCCCC. The van der Waals surface area contributed by atoms with Crippen LogP contribution in [0, 0.1) is 0 Å². The summed E-state index contributed by atoms with van der Waals surface area (Å²) in [6.45, 7) is 3.53. The van der Waals surface area contributed by atoms with E-state index in [1.807, 2.05) is 0 Å². The van der Waals surface area contributed by atoms with Crippen LogP contribution in [0.2, 0.25) is 0 Å². The zero-order valence-electron chi connectivity index (χ0n) is 56.8. The summed E-state index contributed by atoms with van der Waals surface area (Å²) in [5, 5.41) is 76.7. The number of hydrogen-bond acceptors (Lipinski definition) is 10. The van der Waals surface area contributed by atoms with Gasteiger partial charge in [0.15, 0.2) is 6.29 Å². The third kappa shape index (κ3) is 50.5. The molecule has 11 heteroatoms. The molecule has 0 bridgehead atoms. The van der Waals surface area contributed by atoms with Crippen LogP contribution in [-0.2, 0) is 14.3 Å². The number of aliphatic hydroxyl groups excluding tert-OH is 7. The van der Waals surface area contributed by atoms with Crippen LogP contribution in [0.5, 0.6) is 0 Å². The number of aliphatic hydroxyl groups is 7. The highest BCUT2D eigenvalue weighted by molar-refractivity contribution is 5.80. The van der Waals surface area contributed by atoms with Crippen molar-refractivity contribution in [2.45, 2.75) is 448 Å². The molecule has 0 aromatic rings. The first-order valence-electron chi connectivity index (χ1n) is 38.1. The molecule has 11 nitrogen and oxygen atoms in total. The second-order valence-electron chi connectivity index (χ2n) is 27.1. The van der Waals surface area contributed by atoms with Gasteiger partial charge >= 0.3 is 0 Å². The van der Waals surface area contributed by atoms with Crippen molar-refractivity contribution in [3.05, 3.63) is 12.2 Å². The lowest BCUT2D eigenvalue weighted by Gasteiger charge is -2.40. The van der Waals surface area contributed by atoms with Gasteiger partial charge in [-0.2, -0.15) is 0 Å². The van der Waals surface area contributed by atoms with Crippen LogP contribution in [0.15, 0.2) is 12.2 Å². The standard InChI is InChI=1S/C75H147NO10/c1-3-5-7-9-11-13-15-17-19-21-23-25-27-29-30-31-32-33-34-35-36-37-39-41-43-45-47-49-51-53-55-57-59-61-63-68(79)74(84)76-66(65-85-75-73(83)72(82)71(81)69(64-77)86-75)70(80)67(78)62-60-58-56-54-52-50-48-46-44-42-40-38-28-26-24-22-20-18-16-14-12-10-8-6-4-2/h31-32,66-73,75,77-83H,3-30,33-65H2,1-2H3,(H,76,84)/b32-31-. The number of ether oxygens (including phenoxy) is 2. The second kappa shape index (κ2) is 64.0. The van der Waals surface area contributed by atoms with Gasteiger partial charge in [0.05, 0.1) is 25.4 Å². The van der Waals surface area contributed by atoms with Gasteiger partial charge < -0.3 is 50.5 Å². The number of carbonyl (C=O) groups excluding carboxylic acids is 1. The fourth-order valence-electron chi connectivity index (χ4n) is 12.7. The first-order valence-corrected chi connectivity index (χ1v) is 38.1. The number of allylic oxidation sites excluding steroid dienone is 2. The highest BCUT2D eigenvalue weighted by atomic mass is 16.7. The summed E-state index contributed by atoms with van der Waals surface area (Å²) in [7, 11) is 0. The van der Waals surface area contributed by atoms with Gasteiger partial charge in [-0.05, 0) is 38.5 Å². The molecule has 0 aromatic carbocycles. The second-order valence-corrected chi connectivity index (χ2v) is 27.1. The molecule has 0 radical (unpaired) electrons. The molecule has 1 rings (SSSR count). The lowest BCUT2D eigenvalue weighted by molar-refractivity contribution is -0.303. The van der Waals surface area contributed by atoms with Crippen molar-refractivity contribution in [3.8, 4) is 0 Å². The Labute approximate surface area is 532 Å².